The molecule has 2 aromatic rings. The average molecular weight is 349 g/mol. The second-order valence-electron chi connectivity index (χ2n) is 6.50. The van der Waals surface area contributed by atoms with Crippen LogP contribution in [0.25, 0.3) is 10.9 Å². The molecule has 3 N–H and O–H groups in total. The molecule has 1 saturated heterocycles. The summed E-state index contributed by atoms with van der Waals surface area (Å²) in [6.45, 7) is 0. The lowest BCUT2D eigenvalue weighted by Crippen LogP contribution is -2.49. The largest absolute Gasteiger partial charge is 0.361 e. The zero-order chi connectivity index (χ0) is 17.3. The lowest BCUT2D eigenvalue weighted by atomic mass is 10.0. The number of fused-ring (bicyclic) bond motifs is 1. The van der Waals surface area contributed by atoms with E-state index in [0.29, 0.717) is 19.3 Å². The molecule has 0 bridgehead atoms. The Labute approximate surface area is 141 Å². The molecular formula is C17H23N3O3S. The number of nitrogens with two attached hydrogens (primary N) is 1. The SMILES string of the molecule is CN(C(=O)[C@H](N)Cc1c[nH]c2ccccc12)C1CCS(=O)(=O)CC1. The summed E-state index contributed by atoms with van der Waals surface area (Å²) in [5.41, 5.74) is 8.18. The Balaban J connectivity index is 1.66. The summed E-state index contributed by atoms with van der Waals surface area (Å²) in [7, 11) is -1.21. The van der Waals surface area contributed by atoms with Crippen LogP contribution in [-0.4, -0.2) is 54.8 Å². The number of para-hydroxylation sites is 1. The van der Waals surface area contributed by atoms with Crippen molar-refractivity contribution in [2.24, 2.45) is 5.73 Å². The van der Waals surface area contributed by atoms with Crippen molar-refractivity contribution >= 4 is 26.6 Å². The van der Waals surface area contributed by atoms with Crippen molar-refractivity contribution in [3.8, 4) is 0 Å². The van der Waals surface area contributed by atoms with Crippen LogP contribution in [0.15, 0.2) is 30.5 Å². The van der Waals surface area contributed by atoms with Gasteiger partial charge in [-0.15, -0.1) is 0 Å². The number of aromatic amines is 1. The first-order valence-electron chi connectivity index (χ1n) is 8.15. The summed E-state index contributed by atoms with van der Waals surface area (Å²) in [6, 6.07) is 7.23. The van der Waals surface area contributed by atoms with Crippen LogP contribution in [0.4, 0.5) is 0 Å². The minimum absolute atomic E-state index is 0.0463. The first-order chi connectivity index (χ1) is 11.4. The third-order valence-electron chi connectivity index (χ3n) is 4.85. The molecule has 7 heteroatoms. The molecule has 0 aliphatic carbocycles. The van der Waals surface area contributed by atoms with E-state index in [1.54, 1.807) is 11.9 Å². The molecule has 2 heterocycles. The third-order valence-corrected chi connectivity index (χ3v) is 6.57. The van der Waals surface area contributed by atoms with Gasteiger partial charge in [0.1, 0.15) is 9.84 Å². The number of H-pyrrole nitrogens is 1. The van der Waals surface area contributed by atoms with Crippen molar-refractivity contribution in [1.82, 2.24) is 9.88 Å². The summed E-state index contributed by atoms with van der Waals surface area (Å²) in [5.74, 6) is 0.157. The maximum Gasteiger partial charge on any atom is 0.239 e. The maximum atomic E-state index is 12.6. The number of amides is 1. The fourth-order valence-corrected chi connectivity index (χ4v) is 4.80. The molecule has 24 heavy (non-hydrogen) atoms. The second kappa shape index (κ2) is 6.57. The Morgan fingerprint density at radius 2 is 2.00 bits per heavy atom. The van der Waals surface area contributed by atoms with Gasteiger partial charge < -0.3 is 15.6 Å². The number of rotatable bonds is 4. The minimum atomic E-state index is -2.93. The van der Waals surface area contributed by atoms with Crippen LogP contribution in [0.5, 0.6) is 0 Å². The smallest absolute Gasteiger partial charge is 0.239 e. The van der Waals surface area contributed by atoms with E-state index in [2.05, 4.69) is 4.98 Å². The number of hydrogen-bond donors (Lipinski definition) is 2. The fraction of sp³-hybridized carbons (Fsp3) is 0.471. The monoisotopic (exact) mass is 349 g/mol. The van der Waals surface area contributed by atoms with Gasteiger partial charge in [-0.1, -0.05) is 18.2 Å². The Morgan fingerprint density at radius 3 is 2.71 bits per heavy atom. The molecule has 3 rings (SSSR count). The van der Waals surface area contributed by atoms with E-state index in [9.17, 15) is 13.2 Å². The zero-order valence-corrected chi connectivity index (χ0v) is 14.6. The van der Waals surface area contributed by atoms with Gasteiger partial charge in [-0.3, -0.25) is 4.79 Å². The normalized spacial score (nSPS) is 19.2. The predicted octanol–water partition coefficient (Wildman–Crippen LogP) is 1.07. The molecule has 1 fully saturated rings. The van der Waals surface area contributed by atoms with Gasteiger partial charge in [-0.25, -0.2) is 8.42 Å². The molecular weight excluding hydrogens is 326 g/mol. The molecule has 6 nitrogen and oxygen atoms in total. The summed E-state index contributed by atoms with van der Waals surface area (Å²) >= 11 is 0. The highest BCUT2D eigenvalue weighted by Gasteiger charge is 2.30. The Morgan fingerprint density at radius 1 is 1.33 bits per heavy atom. The van der Waals surface area contributed by atoms with Gasteiger partial charge in [0.15, 0.2) is 0 Å². The molecule has 1 aliphatic heterocycles. The lowest BCUT2D eigenvalue weighted by molar-refractivity contribution is -0.133. The van der Waals surface area contributed by atoms with Crippen molar-refractivity contribution in [2.45, 2.75) is 31.3 Å². The molecule has 130 valence electrons. The van der Waals surface area contributed by atoms with Gasteiger partial charge in [-0.05, 0) is 30.9 Å². The first-order valence-corrected chi connectivity index (χ1v) is 9.97. The van der Waals surface area contributed by atoms with Crippen molar-refractivity contribution < 1.29 is 13.2 Å². The number of hydrogen-bond acceptors (Lipinski definition) is 4. The quantitative estimate of drug-likeness (QED) is 0.863. The summed E-state index contributed by atoms with van der Waals surface area (Å²) in [6.07, 6.45) is 3.33. The van der Waals surface area contributed by atoms with E-state index in [0.717, 1.165) is 16.5 Å². The fourth-order valence-electron chi connectivity index (χ4n) is 3.33. The third kappa shape index (κ3) is 3.47. The van der Waals surface area contributed by atoms with Crippen molar-refractivity contribution in [3.63, 3.8) is 0 Å². The molecule has 0 unspecified atom stereocenters. The average Bonchev–Trinajstić information content (AvgIpc) is 2.96. The van der Waals surface area contributed by atoms with Gasteiger partial charge in [0.2, 0.25) is 5.91 Å². The van der Waals surface area contributed by atoms with Crippen LogP contribution in [-0.2, 0) is 21.1 Å². The van der Waals surface area contributed by atoms with Gasteiger partial charge in [0.05, 0.1) is 17.5 Å². The van der Waals surface area contributed by atoms with E-state index in [1.165, 1.54) is 0 Å². The zero-order valence-electron chi connectivity index (χ0n) is 13.7. The standard InChI is InChI=1S/C17H23N3O3S/c1-20(13-6-8-24(22,23)9-7-13)17(21)15(18)10-12-11-19-16-5-3-2-4-14(12)16/h2-5,11,13,15,19H,6-10,18H2,1H3/t15-/m1/s1. The first kappa shape index (κ1) is 17.0. The number of aromatic nitrogens is 1. The summed E-state index contributed by atoms with van der Waals surface area (Å²) in [5, 5.41) is 1.08. The Bertz CT molecular complexity index is 830. The predicted molar refractivity (Wildman–Crippen MR) is 94.4 cm³/mol. The summed E-state index contributed by atoms with van der Waals surface area (Å²) < 4.78 is 23.1. The van der Waals surface area contributed by atoms with Crippen LogP contribution < -0.4 is 5.73 Å². The molecule has 0 saturated carbocycles. The summed E-state index contributed by atoms with van der Waals surface area (Å²) in [4.78, 5) is 17.4. The molecule has 1 amide bonds. The van der Waals surface area contributed by atoms with Crippen molar-refractivity contribution in [1.29, 1.82) is 0 Å². The van der Waals surface area contributed by atoms with Gasteiger partial charge in [0, 0.05) is 30.2 Å². The topological polar surface area (TPSA) is 96.3 Å². The molecule has 1 aliphatic rings. The van der Waals surface area contributed by atoms with Crippen LogP contribution >= 0.6 is 0 Å². The van der Waals surface area contributed by atoms with E-state index >= 15 is 0 Å². The van der Waals surface area contributed by atoms with Gasteiger partial charge >= 0.3 is 0 Å². The van der Waals surface area contributed by atoms with E-state index in [-0.39, 0.29) is 23.5 Å². The number of carbonyl (C=O) groups excluding carboxylic acids is 1. The molecule has 1 aromatic carbocycles. The molecule has 0 spiro atoms. The van der Waals surface area contributed by atoms with Crippen molar-refractivity contribution in [2.75, 3.05) is 18.6 Å². The molecule has 1 aromatic heterocycles. The van der Waals surface area contributed by atoms with Gasteiger partial charge in [0.25, 0.3) is 0 Å². The van der Waals surface area contributed by atoms with Crippen LogP contribution in [0.2, 0.25) is 0 Å². The highest BCUT2D eigenvalue weighted by Crippen LogP contribution is 2.21. The number of sulfone groups is 1. The van der Waals surface area contributed by atoms with E-state index in [4.69, 9.17) is 5.73 Å². The number of likely N-dealkylation sites (N-methyl/N-ethyl adjacent to an activating group) is 1. The highest BCUT2D eigenvalue weighted by atomic mass is 32.2. The van der Waals surface area contributed by atoms with E-state index < -0.39 is 15.9 Å². The number of carbonyl (C=O) groups is 1. The molecule has 1 atom stereocenters. The second-order valence-corrected chi connectivity index (χ2v) is 8.81. The number of benzene rings is 1. The Kier molecular flexibility index (Phi) is 4.64. The van der Waals surface area contributed by atoms with Crippen LogP contribution in [0.1, 0.15) is 18.4 Å². The molecule has 0 radical (unpaired) electrons. The van der Waals surface area contributed by atoms with Crippen molar-refractivity contribution in [3.05, 3.63) is 36.0 Å². The maximum absolute atomic E-state index is 12.6. The van der Waals surface area contributed by atoms with Crippen LogP contribution in [0, 0.1) is 0 Å². The number of nitrogens with zero attached hydrogens (tertiary/aromatic N) is 1. The number of nitrogens with one attached hydrogen (secondary N) is 1. The Hall–Kier alpha value is -1.86. The minimum Gasteiger partial charge on any atom is -0.361 e. The highest BCUT2D eigenvalue weighted by molar-refractivity contribution is 7.91. The van der Waals surface area contributed by atoms with Crippen LogP contribution in [0.3, 0.4) is 0 Å². The van der Waals surface area contributed by atoms with E-state index in [1.807, 2.05) is 30.5 Å². The van der Waals surface area contributed by atoms with Gasteiger partial charge in [-0.2, -0.15) is 0 Å². The lowest BCUT2D eigenvalue weighted by Gasteiger charge is -2.32.